The average Bonchev–Trinajstić information content (AvgIpc) is 2.35. The fraction of sp³-hybridized carbons (Fsp3) is 0.750. The highest BCUT2D eigenvalue weighted by Gasteiger charge is 2.46. The molecule has 0 bridgehead atoms. The summed E-state index contributed by atoms with van der Waals surface area (Å²) in [5, 5.41) is 0. The lowest BCUT2D eigenvalue weighted by molar-refractivity contribution is -0.146. The van der Waals surface area contributed by atoms with E-state index < -0.39 is 11.3 Å². The molecule has 0 unspecified atom stereocenters. The van der Waals surface area contributed by atoms with Crippen molar-refractivity contribution in [2.45, 2.75) is 32.7 Å². The van der Waals surface area contributed by atoms with Crippen LogP contribution in [0, 0.1) is 5.41 Å². The molecule has 108 valence electrons. The van der Waals surface area contributed by atoms with Crippen LogP contribution in [0.25, 0.3) is 0 Å². The van der Waals surface area contributed by atoms with Crippen LogP contribution in [0.5, 0.6) is 0 Å². The van der Waals surface area contributed by atoms with E-state index in [4.69, 9.17) is 28.4 Å². The summed E-state index contributed by atoms with van der Waals surface area (Å²) in [5.41, 5.74) is 10.1. The Morgan fingerprint density at radius 3 is 2.21 bits per heavy atom. The lowest BCUT2D eigenvalue weighted by Gasteiger charge is -2.40. The number of hydrogen-bond acceptors (Lipinski definition) is 4. The molecule has 1 aliphatic heterocycles. The highest BCUT2D eigenvalue weighted by Crippen LogP contribution is 2.33. The summed E-state index contributed by atoms with van der Waals surface area (Å²) in [6.07, 6.45) is 0.895. The van der Waals surface area contributed by atoms with Gasteiger partial charge in [0.1, 0.15) is 5.41 Å². The second-order valence-electron chi connectivity index (χ2n) is 5.05. The Bertz CT molecular complexity index is 378. The van der Waals surface area contributed by atoms with Gasteiger partial charge in [0.05, 0.1) is 11.5 Å². The minimum absolute atomic E-state index is 0.123. The van der Waals surface area contributed by atoms with Crippen molar-refractivity contribution in [3.05, 3.63) is 0 Å². The van der Waals surface area contributed by atoms with Crippen molar-refractivity contribution < 1.29 is 14.3 Å². The van der Waals surface area contributed by atoms with Crippen molar-refractivity contribution in [3.8, 4) is 0 Å². The van der Waals surface area contributed by atoms with Crippen LogP contribution in [0.2, 0.25) is 0 Å². The predicted octanol–water partition coefficient (Wildman–Crippen LogP) is -0.208. The van der Waals surface area contributed by atoms with Crippen LogP contribution in [-0.4, -0.2) is 47.5 Å². The first kappa shape index (κ1) is 15.8. The molecule has 0 aromatic rings. The van der Waals surface area contributed by atoms with E-state index in [0.29, 0.717) is 26.1 Å². The zero-order valence-electron chi connectivity index (χ0n) is 11.3. The number of nitrogens with two attached hydrogens (primary N) is 2. The SMILES string of the molecule is CC(C)N(CC(N)=O)C(=O)C1(C(N)=S)CCOCC1. The first-order chi connectivity index (χ1) is 8.81. The third-order valence-corrected chi connectivity index (χ3v) is 3.83. The summed E-state index contributed by atoms with van der Waals surface area (Å²) in [5.74, 6) is -0.774. The van der Waals surface area contributed by atoms with Gasteiger partial charge in [-0.15, -0.1) is 0 Å². The second kappa shape index (κ2) is 6.29. The molecule has 0 atom stereocenters. The number of hydrogen-bond donors (Lipinski definition) is 2. The fourth-order valence-corrected chi connectivity index (χ4v) is 2.51. The summed E-state index contributed by atoms with van der Waals surface area (Å²) in [6, 6.07) is -0.144. The van der Waals surface area contributed by atoms with Crippen molar-refractivity contribution in [1.82, 2.24) is 4.90 Å². The van der Waals surface area contributed by atoms with Gasteiger partial charge in [0.15, 0.2) is 0 Å². The topological polar surface area (TPSA) is 98.7 Å². The minimum Gasteiger partial charge on any atom is -0.392 e. The molecule has 4 N–H and O–H groups in total. The Kier molecular flexibility index (Phi) is 5.25. The van der Waals surface area contributed by atoms with Gasteiger partial charge in [-0.3, -0.25) is 9.59 Å². The van der Waals surface area contributed by atoms with Gasteiger partial charge < -0.3 is 21.1 Å². The molecule has 0 spiro atoms. The van der Waals surface area contributed by atoms with Crippen LogP contribution in [-0.2, 0) is 14.3 Å². The molecule has 0 saturated carbocycles. The minimum atomic E-state index is -0.909. The van der Waals surface area contributed by atoms with Crippen molar-refractivity contribution in [2.75, 3.05) is 19.8 Å². The monoisotopic (exact) mass is 287 g/mol. The highest BCUT2D eigenvalue weighted by atomic mass is 32.1. The number of nitrogens with zero attached hydrogens (tertiary/aromatic N) is 1. The van der Waals surface area contributed by atoms with Crippen molar-refractivity contribution >= 4 is 29.0 Å². The average molecular weight is 287 g/mol. The molecule has 0 aromatic heterocycles. The van der Waals surface area contributed by atoms with Crippen LogP contribution < -0.4 is 11.5 Å². The number of primary amides is 1. The quantitative estimate of drug-likeness (QED) is 0.682. The number of ether oxygens (including phenoxy) is 1. The Morgan fingerprint density at radius 1 is 1.32 bits per heavy atom. The van der Waals surface area contributed by atoms with Crippen LogP contribution in [0.15, 0.2) is 0 Å². The largest absolute Gasteiger partial charge is 0.392 e. The van der Waals surface area contributed by atoms with Gasteiger partial charge in [-0.05, 0) is 26.7 Å². The molecule has 1 fully saturated rings. The maximum absolute atomic E-state index is 12.7. The first-order valence-electron chi connectivity index (χ1n) is 6.28. The Balaban J connectivity index is 3.03. The van der Waals surface area contributed by atoms with E-state index in [1.807, 2.05) is 13.8 Å². The lowest BCUT2D eigenvalue weighted by atomic mass is 9.78. The highest BCUT2D eigenvalue weighted by molar-refractivity contribution is 7.80. The molecule has 0 aliphatic carbocycles. The van der Waals surface area contributed by atoms with E-state index in [0.717, 1.165) is 0 Å². The van der Waals surface area contributed by atoms with Gasteiger partial charge in [-0.2, -0.15) is 0 Å². The van der Waals surface area contributed by atoms with Gasteiger partial charge in [-0.1, -0.05) is 12.2 Å². The summed E-state index contributed by atoms with van der Waals surface area (Å²) in [4.78, 5) is 25.4. The Morgan fingerprint density at radius 2 is 1.84 bits per heavy atom. The van der Waals surface area contributed by atoms with E-state index in [2.05, 4.69) is 0 Å². The molecular weight excluding hydrogens is 266 g/mol. The molecule has 0 radical (unpaired) electrons. The summed E-state index contributed by atoms with van der Waals surface area (Å²) in [7, 11) is 0. The summed E-state index contributed by atoms with van der Waals surface area (Å²) in [6.45, 7) is 4.40. The molecule has 6 nitrogen and oxygen atoms in total. The molecule has 2 amide bonds. The summed E-state index contributed by atoms with van der Waals surface area (Å²) >= 11 is 5.08. The maximum atomic E-state index is 12.7. The fourth-order valence-electron chi connectivity index (χ4n) is 2.22. The first-order valence-corrected chi connectivity index (χ1v) is 6.69. The third-order valence-electron chi connectivity index (χ3n) is 3.44. The van der Waals surface area contributed by atoms with E-state index in [1.54, 1.807) is 0 Å². The predicted molar refractivity (Wildman–Crippen MR) is 75.3 cm³/mol. The number of carbonyl (C=O) groups excluding carboxylic acids is 2. The van der Waals surface area contributed by atoms with Gasteiger partial charge in [0.25, 0.3) is 0 Å². The van der Waals surface area contributed by atoms with E-state index in [9.17, 15) is 9.59 Å². The molecule has 0 aromatic carbocycles. The molecule has 1 saturated heterocycles. The number of thiocarbonyl (C=S) groups is 1. The molecule has 7 heteroatoms. The zero-order chi connectivity index (χ0) is 14.6. The molecular formula is C12H21N3O3S. The molecule has 1 heterocycles. The van der Waals surface area contributed by atoms with Crippen LogP contribution >= 0.6 is 12.2 Å². The number of rotatable bonds is 5. The van der Waals surface area contributed by atoms with E-state index in [-0.39, 0.29) is 23.5 Å². The van der Waals surface area contributed by atoms with Gasteiger partial charge in [0, 0.05) is 19.3 Å². The van der Waals surface area contributed by atoms with Gasteiger partial charge >= 0.3 is 0 Å². The van der Waals surface area contributed by atoms with Gasteiger partial charge in [-0.25, -0.2) is 0 Å². The molecule has 1 aliphatic rings. The second-order valence-corrected chi connectivity index (χ2v) is 5.49. The lowest BCUT2D eigenvalue weighted by Crippen LogP contribution is -2.56. The normalized spacial score (nSPS) is 18.1. The zero-order valence-corrected chi connectivity index (χ0v) is 12.2. The molecule has 1 rings (SSSR count). The van der Waals surface area contributed by atoms with Crippen LogP contribution in [0.3, 0.4) is 0 Å². The van der Waals surface area contributed by atoms with Crippen LogP contribution in [0.1, 0.15) is 26.7 Å². The van der Waals surface area contributed by atoms with Crippen LogP contribution in [0.4, 0.5) is 0 Å². The summed E-state index contributed by atoms with van der Waals surface area (Å²) < 4.78 is 5.27. The standard InChI is InChI=1S/C12H21N3O3S/c1-8(2)15(7-9(13)16)11(17)12(10(14)19)3-5-18-6-4-12/h8H,3-7H2,1-2H3,(H2,13,16)(H2,14,19). The van der Waals surface area contributed by atoms with Crippen molar-refractivity contribution in [1.29, 1.82) is 0 Å². The maximum Gasteiger partial charge on any atom is 0.237 e. The van der Waals surface area contributed by atoms with Crippen molar-refractivity contribution in [3.63, 3.8) is 0 Å². The Hall–Kier alpha value is -1.21. The van der Waals surface area contributed by atoms with E-state index >= 15 is 0 Å². The van der Waals surface area contributed by atoms with Gasteiger partial charge in [0.2, 0.25) is 11.8 Å². The molecule has 19 heavy (non-hydrogen) atoms. The number of amides is 2. The van der Waals surface area contributed by atoms with Crippen molar-refractivity contribution in [2.24, 2.45) is 16.9 Å². The van der Waals surface area contributed by atoms with E-state index in [1.165, 1.54) is 4.90 Å². The smallest absolute Gasteiger partial charge is 0.237 e. The third kappa shape index (κ3) is 3.42. The number of carbonyl (C=O) groups is 2. The Labute approximate surface area is 118 Å².